The van der Waals surface area contributed by atoms with E-state index in [0.717, 1.165) is 17.7 Å². The van der Waals surface area contributed by atoms with Crippen molar-refractivity contribution in [2.24, 2.45) is 11.8 Å². The van der Waals surface area contributed by atoms with Crippen molar-refractivity contribution >= 4 is 11.8 Å². The number of fused-ring (bicyclic) bond motifs is 2. The average Bonchev–Trinajstić information content (AvgIpc) is 3.42. The molecule has 0 aromatic carbocycles. The van der Waals surface area contributed by atoms with Gasteiger partial charge < -0.3 is 19.3 Å². The summed E-state index contributed by atoms with van der Waals surface area (Å²) in [6, 6.07) is 0. The lowest BCUT2D eigenvalue weighted by Crippen LogP contribution is -2.47. The predicted molar refractivity (Wildman–Crippen MR) is 94.5 cm³/mol. The van der Waals surface area contributed by atoms with Gasteiger partial charge in [-0.25, -0.2) is 0 Å². The maximum absolute atomic E-state index is 13.4. The van der Waals surface area contributed by atoms with Gasteiger partial charge in [0, 0.05) is 43.9 Å². The van der Waals surface area contributed by atoms with Gasteiger partial charge in [0.25, 0.3) is 0 Å². The number of ether oxygens (including phenoxy) is 2. The van der Waals surface area contributed by atoms with Crippen molar-refractivity contribution in [3.05, 3.63) is 29.6 Å². The Morgan fingerprint density at radius 1 is 1.52 bits per heavy atom. The first-order chi connectivity index (χ1) is 13.1. The summed E-state index contributed by atoms with van der Waals surface area (Å²) in [6.07, 6.45) is 6.20. The number of nitrogens with one attached hydrogen (secondary N) is 1. The molecule has 4 atom stereocenters. The Hall–Kier alpha value is -2.19. The van der Waals surface area contributed by atoms with Crippen LogP contribution in [0.15, 0.2) is 18.3 Å². The molecule has 0 radical (unpaired) electrons. The Bertz CT molecular complexity index is 805. The standard InChI is InChI=1S/C19H24N4O4/c1-2-26-8-7-23-11-19-5-3-14(27-19)15(16(19)18(23)25)17(24)22-6-4-13-12(10-22)9-20-21-13/h3,5,9,14-16H,2,4,6-8,10-11H2,1H3,(H,20,21)/t14-,15?,16?,19-/m1/s1. The zero-order valence-corrected chi connectivity index (χ0v) is 15.4. The molecular formula is C19H24N4O4. The Labute approximate surface area is 157 Å². The number of carbonyl (C=O) groups is 2. The zero-order valence-electron chi connectivity index (χ0n) is 15.4. The molecule has 1 spiro atoms. The summed E-state index contributed by atoms with van der Waals surface area (Å²) in [5, 5.41) is 7.06. The number of hydrogen-bond acceptors (Lipinski definition) is 5. The molecule has 2 saturated heterocycles. The van der Waals surface area contributed by atoms with Gasteiger partial charge in [0.1, 0.15) is 5.60 Å². The van der Waals surface area contributed by atoms with E-state index in [1.807, 2.05) is 24.0 Å². The molecule has 1 aromatic rings. The van der Waals surface area contributed by atoms with Gasteiger partial charge in [-0.05, 0) is 6.92 Å². The van der Waals surface area contributed by atoms with Crippen molar-refractivity contribution in [2.45, 2.75) is 31.6 Å². The van der Waals surface area contributed by atoms with E-state index >= 15 is 0 Å². The molecule has 2 amide bonds. The van der Waals surface area contributed by atoms with Gasteiger partial charge in [0.05, 0.1) is 37.3 Å². The monoisotopic (exact) mass is 372 g/mol. The van der Waals surface area contributed by atoms with E-state index in [2.05, 4.69) is 10.2 Å². The summed E-state index contributed by atoms with van der Waals surface area (Å²) in [7, 11) is 0. The van der Waals surface area contributed by atoms with E-state index < -0.39 is 17.4 Å². The maximum atomic E-state index is 13.4. The minimum atomic E-state index is -0.648. The highest BCUT2D eigenvalue weighted by Crippen LogP contribution is 2.52. The Morgan fingerprint density at radius 3 is 3.26 bits per heavy atom. The largest absolute Gasteiger partial charge is 0.380 e. The second kappa shape index (κ2) is 6.17. The van der Waals surface area contributed by atoms with Crippen LogP contribution in [0, 0.1) is 11.8 Å². The van der Waals surface area contributed by atoms with Gasteiger partial charge in [-0.15, -0.1) is 0 Å². The van der Waals surface area contributed by atoms with E-state index in [9.17, 15) is 9.59 Å². The number of carbonyl (C=O) groups excluding carboxylic acids is 2. The van der Waals surface area contributed by atoms with Crippen molar-refractivity contribution in [3.8, 4) is 0 Å². The summed E-state index contributed by atoms with van der Waals surface area (Å²) in [5.41, 5.74) is 1.50. The topological polar surface area (TPSA) is 87.8 Å². The highest BCUT2D eigenvalue weighted by molar-refractivity contribution is 5.93. The third-order valence-electron chi connectivity index (χ3n) is 6.29. The van der Waals surface area contributed by atoms with E-state index in [4.69, 9.17) is 9.47 Å². The Morgan fingerprint density at radius 2 is 2.41 bits per heavy atom. The quantitative estimate of drug-likeness (QED) is 0.586. The lowest BCUT2D eigenvalue weighted by atomic mass is 9.76. The molecule has 0 aliphatic carbocycles. The second-order valence-corrected chi connectivity index (χ2v) is 7.74. The summed E-state index contributed by atoms with van der Waals surface area (Å²) < 4.78 is 11.6. The van der Waals surface area contributed by atoms with Crippen LogP contribution in [-0.2, 0) is 32.0 Å². The number of nitrogens with zero attached hydrogens (tertiary/aromatic N) is 3. The zero-order chi connectivity index (χ0) is 18.6. The molecule has 2 fully saturated rings. The highest BCUT2D eigenvalue weighted by Gasteiger charge is 2.67. The van der Waals surface area contributed by atoms with Gasteiger partial charge in [-0.3, -0.25) is 14.7 Å². The average molecular weight is 372 g/mol. The molecule has 27 heavy (non-hydrogen) atoms. The lowest BCUT2D eigenvalue weighted by Gasteiger charge is -2.32. The van der Waals surface area contributed by atoms with Crippen molar-refractivity contribution in [3.63, 3.8) is 0 Å². The molecular weight excluding hydrogens is 348 g/mol. The van der Waals surface area contributed by atoms with Gasteiger partial charge in [0.2, 0.25) is 11.8 Å². The SMILES string of the molecule is CCOCCN1C[C@@]23C=C[C@@H](O2)C(C(=O)N2CCc4[nH]ncc4C2)C3C1=O. The minimum absolute atomic E-state index is 0.0147. The first-order valence-electron chi connectivity index (χ1n) is 9.66. The number of likely N-dealkylation sites (tertiary alicyclic amines) is 1. The maximum Gasteiger partial charge on any atom is 0.230 e. The molecule has 8 heteroatoms. The van der Waals surface area contributed by atoms with Crippen LogP contribution >= 0.6 is 0 Å². The van der Waals surface area contributed by atoms with Crippen LogP contribution in [0.25, 0.3) is 0 Å². The molecule has 2 unspecified atom stereocenters. The smallest absolute Gasteiger partial charge is 0.230 e. The number of amides is 2. The molecule has 144 valence electrons. The summed E-state index contributed by atoms with van der Waals surface area (Å²) >= 11 is 0. The third kappa shape index (κ3) is 2.46. The van der Waals surface area contributed by atoms with Gasteiger partial charge in [-0.1, -0.05) is 12.2 Å². The third-order valence-corrected chi connectivity index (χ3v) is 6.29. The number of aromatic amines is 1. The van der Waals surface area contributed by atoms with Crippen molar-refractivity contribution < 1.29 is 19.1 Å². The number of hydrogen-bond donors (Lipinski definition) is 1. The normalized spacial score (nSPS) is 33.7. The fourth-order valence-corrected chi connectivity index (χ4v) is 4.99. The molecule has 0 saturated carbocycles. The van der Waals surface area contributed by atoms with E-state index in [1.165, 1.54) is 0 Å². The van der Waals surface area contributed by atoms with Crippen LogP contribution in [0.3, 0.4) is 0 Å². The molecule has 4 aliphatic rings. The molecule has 1 aromatic heterocycles. The van der Waals surface area contributed by atoms with Crippen LogP contribution in [0.1, 0.15) is 18.2 Å². The van der Waals surface area contributed by atoms with Crippen molar-refractivity contribution in [1.29, 1.82) is 0 Å². The molecule has 1 N–H and O–H groups in total. The van der Waals surface area contributed by atoms with Crippen LogP contribution in [0.4, 0.5) is 0 Å². The van der Waals surface area contributed by atoms with Gasteiger partial charge >= 0.3 is 0 Å². The number of rotatable bonds is 5. The molecule has 2 bridgehead atoms. The first kappa shape index (κ1) is 16.9. The van der Waals surface area contributed by atoms with Gasteiger partial charge in [-0.2, -0.15) is 5.10 Å². The predicted octanol–water partition coefficient (Wildman–Crippen LogP) is 0.113. The van der Waals surface area contributed by atoms with Crippen LogP contribution < -0.4 is 0 Å². The second-order valence-electron chi connectivity index (χ2n) is 7.74. The summed E-state index contributed by atoms with van der Waals surface area (Å²) in [4.78, 5) is 30.1. The van der Waals surface area contributed by atoms with E-state index in [0.29, 0.717) is 39.4 Å². The minimum Gasteiger partial charge on any atom is -0.380 e. The van der Waals surface area contributed by atoms with Crippen molar-refractivity contribution in [1.82, 2.24) is 20.0 Å². The van der Waals surface area contributed by atoms with E-state index in [1.54, 1.807) is 11.1 Å². The fourth-order valence-electron chi connectivity index (χ4n) is 4.99. The number of aromatic nitrogens is 2. The highest BCUT2D eigenvalue weighted by atomic mass is 16.5. The van der Waals surface area contributed by atoms with Gasteiger partial charge in [0.15, 0.2) is 0 Å². The van der Waals surface area contributed by atoms with Crippen molar-refractivity contribution in [2.75, 3.05) is 32.8 Å². The summed E-state index contributed by atoms with van der Waals surface area (Å²) in [5.74, 6) is -0.829. The lowest BCUT2D eigenvalue weighted by molar-refractivity contribution is -0.144. The molecule has 5 rings (SSSR count). The molecule has 4 aliphatic heterocycles. The van der Waals surface area contributed by atoms with Crippen LogP contribution in [-0.4, -0.2) is 76.4 Å². The molecule has 5 heterocycles. The molecule has 8 nitrogen and oxygen atoms in total. The number of H-pyrrole nitrogens is 1. The first-order valence-corrected chi connectivity index (χ1v) is 9.66. The van der Waals surface area contributed by atoms with E-state index in [-0.39, 0.29) is 17.9 Å². The fraction of sp³-hybridized carbons (Fsp3) is 0.632. The Balaban J connectivity index is 1.36. The summed E-state index contributed by atoms with van der Waals surface area (Å²) in [6.45, 7) is 5.29. The van der Waals surface area contributed by atoms with Crippen LogP contribution in [0.5, 0.6) is 0 Å². The Kier molecular flexibility index (Phi) is 3.87. The van der Waals surface area contributed by atoms with Crippen LogP contribution in [0.2, 0.25) is 0 Å².